The molecule has 0 unspecified atom stereocenters. The van der Waals surface area contributed by atoms with Gasteiger partial charge in [-0.05, 0) is 30.3 Å². The zero-order valence-corrected chi connectivity index (χ0v) is 25.1. The maximum atomic E-state index is 5.85. The number of fused-ring (bicyclic) bond motifs is 4. The molecule has 0 aliphatic carbocycles. The smallest absolute Gasteiger partial charge is 0.220 e. The number of furan rings is 1. The van der Waals surface area contributed by atoms with Crippen molar-refractivity contribution in [2.24, 2.45) is 0 Å². The number of pyridine rings is 2. The number of nitrogens with zero attached hydrogens (tertiary/aromatic N) is 3. The Bertz CT molecular complexity index is 2080. The predicted octanol–water partition coefficient (Wildman–Crippen LogP) is 8.59. The molecule has 0 saturated carbocycles. The van der Waals surface area contributed by atoms with Crippen LogP contribution in [0.2, 0.25) is 0 Å². The van der Waals surface area contributed by atoms with E-state index in [-0.39, 0.29) is 20.1 Å². The van der Waals surface area contributed by atoms with Crippen molar-refractivity contribution in [2.75, 3.05) is 0 Å². The fraction of sp³-hybridized carbons (Fsp3) is 0.0270. The van der Waals surface area contributed by atoms with Crippen LogP contribution in [0.1, 0.15) is 16.7 Å². The third kappa shape index (κ3) is 5.25. The summed E-state index contributed by atoms with van der Waals surface area (Å²) in [7, 11) is 0. The second kappa shape index (κ2) is 11.9. The van der Waals surface area contributed by atoms with E-state index in [0.717, 1.165) is 55.7 Å². The molecule has 1 aliphatic rings. The zero-order valence-electron chi connectivity index (χ0n) is 22.7. The Morgan fingerprint density at radius 3 is 2.40 bits per heavy atom. The maximum absolute atomic E-state index is 5.85. The van der Waals surface area contributed by atoms with E-state index in [1.165, 1.54) is 5.56 Å². The summed E-state index contributed by atoms with van der Waals surface area (Å²) in [4.78, 5) is 8.64. The first-order valence-electron chi connectivity index (χ1n) is 13.4. The van der Waals surface area contributed by atoms with Crippen LogP contribution >= 0.6 is 0 Å². The first kappa shape index (κ1) is 27.3. The largest absolute Gasteiger partial charge is 0.486 e. The molecular weight excluding hydrogens is 695 g/mol. The molecule has 42 heavy (non-hydrogen) atoms. The molecule has 0 spiro atoms. The Hall–Kier alpha value is -4.92. The minimum Gasteiger partial charge on any atom is -0.486 e. The number of aryl methyl sites for hydroxylation is 1. The van der Waals surface area contributed by atoms with Crippen LogP contribution in [0.5, 0.6) is 0 Å². The van der Waals surface area contributed by atoms with E-state index in [0.29, 0.717) is 5.71 Å². The molecule has 5 heteroatoms. The number of hydrogen-bond acceptors (Lipinski definition) is 3. The maximum Gasteiger partial charge on any atom is 0.220 e. The van der Waals surface area contributed by atoms with Gasteiger partial charge in [0.2, 0.25) is 17.1 Å². The van der Waals surface area contributed by atoms with Crippen LogP contribution in [0.3, 0.4) is 0 Å². The van der Waals surface area contributed by atoms with Gasteiger partial charge in [-0.2, -0.15) is 0 Å². The van der Waals surface area contributed by atoms with Gasteiger partial charge in [-0.25, -0.2) is 4.98 Å². The summed E-state index contributed by atoms with van der Waals surface area (Å²) < 4.78 is 7.96. The van der Waals surface area contributed by atoms with Crippen molar-refractivity contribution in [3.63, 3.8) is 0 Å². The van der Waals surface area contributed by atoms with E-state index < -0.39 is 0 Å². The molecule has 1 radical (unpaired) electrons. The first-order valence-corrected chi connectivity index (χ1v) is 13.4. The number of hydrogen-bond donors (Lipinski definition) is 0. The molecule has 4 heterocycles. The van der Waals surface area contributed by atoms with Crippen molar-refractivity contribution < 1.29 is 24.5 Å². The number of benzene rings is 4. The SMILES string of the molecule is C1=C(c2[c-]cc3oc4ncccc4c3c2)c2ccccc2[N+]=1c1ccccc1.Cc1ccc(-c2[c-]cccc2)nc1.[Ir]. The van der Waals surface area contributed by atoms with Crippen molar-refractivity contribution in [3.05, 3.63) is 156 Å². The van der Waals surface area contributed by atoms with Crippen molar-refractivity contribution in [3.8, 4) is 11.3 Å². The number of aromatic nitrogens is 2. The van der Waals surface area contributed by atoms with Gasteiger partial charge in [0, 0.05) is 67.2 Å². The first-order chi connectivity index (χ1) is 20.2. The van der Waals surface area contributed by atoms with Gasteiger partial charge >= 0.3 is 0 Å². The molecule has 0 amide bonds. The summed E-state index contributed by atoms with van der Waals surface area (Å²) in [6.07, 6.45) is 3.62. The van der Waals surface area contributed by atoms with Crippen molar-refractivity contribution >= 4 is 44.9 Å². The van der Waals surface area contributed by atoms with Gasteiger partial charge in [-0.15, -0.1) is 64.2 Å². The second-order valence-electron chi connectivity index (χ2n) is 9.75. The van der Waals surface area contributed by atoms with E-state index in [4.69, 9.17) is 4.42 Å². The third-order valence-electron chi connectivity index (χ3n) is 7.00. The molecule has 203 valence electrons. The second-order valence-corrected chi connectivity index (χ2v) is 9.75. The number of rotatable bonds is 3. The molecular formula is C37H24IrN3O-. The van der Waals surface area contributed by atoms with Crippen LogP contribution in [-0.4, -0.2) is 15.8 Å². The van der Waals surface area contributed by atoms with Crippen molar-refractivity contribution in [2.45, 2.75) is 6.92 Å². The number of para-hydroxylation sites is 2. The van der Waals surface area contributed by atoms with Crippen LogP contribution in [0, 0.1) is 19.1 Å². The Morgan fingerprint density at radius 2 is 1.60 bits per heavy atom. The van der Waals surface area contributed by atoms with E-state index in [9.17, 15) is 0 Å². The Labute approximate surface area is 257 Å². The molecule has 8 rings (SSSR count). The van der Waals surface area contributed by atoms with Gasteiger partial charge in [0.15, 0.2) is 0 Å². The van der Waals surface area contributed by atoms with Gasteiger partial charge in [-0.3, -0.25) is 0 Å². The van der Waals surface area contributed by atoms with Crippen LogP contribution in [0.25, 0.3) is 38.9 Å². The average molecular weight is 719 g/mol. The van der Waals surface area contributed by atoms with Gasteiger partial charge < -0.3 is 9.40 Å². The Balaban J connectivity index is 0.000000191. The molecule has 1 aliphatic heterocycles. The normalized spacial score (nSPS) is 11.6. The van der Waals surface area contributed by atoms with Gasteiger partial charge in [0.25, 0.3) is 0 Å². The fourth-order valence-electron chi connectivity index (χ4n) is 4.98. The molecule has 0 fully saturated rings. The summed E-state index contributed by atoms with van der Waals surface area (Å²) >= 11 is 0. The van der Waals surface area contributed by atoms with E-state index >= 15 is 0 Å². The van der Waals surface area contributed by atoms with Crippen LogP contribution in [0.4, 0.5) is 11.4 Å². The topological polar surface area (TPSA) is 41.9 Å². The van der Waals surface area contributed by atoms with Gasteiger partial charge in [0.1, 0.15) is 5.87 Å². The molecule has 4 nitrogen and oxygen atoms in total. The predicted molar refractivity (Wildman–Crippen MR) is 165 cm³/mol. The summed E-state index contributed by atoms with van der Waals surface area (Å²) in [5, 5.41) is 2.06. The molecule has 0 bridgehead atoms. The van der Waals surface area contributed by atoms with Crippen molar-refractivity contribution in [1.29, 1.82) is 0 Å². The summed E-state index contributed by atoms with van der Waals surface area (Å²) in [6.45, 7) is 2.03. The average Bonchev–Trinajstić information content (AvgIpc) is 3.61. The van der Waals surface area contributed by atoms with Crippen LogP contribution in [0.15, 0.2) is 132 Å². The van der Waals surface area contributed by atoms with Crippen LogP contribution < -0.4 is 4.58 Å². The quantitative estimate of drug-likeness (QED) is 0.136. The molecule has 4 aromatic carbocycles. The van der Waals surface area contributed by atoms with E-state index in [1.807, 2.05) is 79.9 Å². The summed E-state index contributed by atoms with van der Waals surface area (Å²) in [6, 6.07) is 45.1. The minimum absolute atomic E-state index is 0. The van der Waals surface area contributed by atoms with Crippen molar-refractivity contribution in [1.82, 2.24) is 14.5 Å². The zero-order chi connectivity index (χ0) is 27.6. The minimum atomic E-state index is 0. The van der Waals surface area contributed by atoms with Gasteiger partial charge in [-0.1, -0.05) is 53.9 Å². The molecule has 0 saturated heterocycles. The third-order valence-corrected chi connectivity index (χ3v) is 7.00. The monoisotopic (exact) mass is 719 g/mol. The molecule has 7 aromatic rings. The Morgan fingerprint density at radius 1 is 0.762 bits per heavy atom. The standard InChI is InChI=1S/C25H14N2O.C12H10N.Ir/c1-2-7-18(8-3-1)27-16-22(19-9-4-5-11-23(19)27)17-12-13-24-21(15-17)20-10-6-14-26-25(20)28-24;1-10-7-8-12(13-9-10)11-5-3-2-4-6-11;/h1-11,13-15H;2-5,7-9H,1H3;/q;-1;. The molecule has 3 aromatic heterocycles. The van der Waals surface area contributed by atoms with E-state index in [1.54, 1.807) is 6.20 Å². The van der Waals surface area contributed by atoms with Gasteiger partial charge in [0.05, 0.1) is 5.58 Å². The molecule has 0 N–H and O–H groups in total. The van der Waals surface area contributed by atoms with E-state index in [2.05, 4.69) is 81.1 Å². The van der Waals surface area contributed by atoms with Crippen LogP contribution in [-0.2, 0) is 20.1 Å². The summed E-state index contributed by atoms with van der Waals surface area (Å²) in [5.74, 6) is 3.57. The fourth-order valence-corrected chi connectivity index (χ4v) is 4.98. The Kier molecular flexibility index (Phi) is 7.72. The summed E-state index contributed by atoms with van der Waals surface area (Å²) in [5.41, 5.74) is 10.0. The molecule has 0 atom stereocenters.